The molecule has 2 aromatic heterocycles. The van der Waals surface area contributed by atoms with Crippen LogP contribution in [0, 0.1) is 5.41 Å². The van der Waals surface area contributed by atoms with Crippen molar-refractivity contribution in [2.24, 2.45) is 11.1 Å². The van der Waals surface area contributed by atoms with Crippen molar-refractivity contribution in [3.63, 3.8) is 0 Å². The minimum atomic E-state index is -3.02. The standard InChI is InChI=1S/C28H26F2N6O3/c1-27(13-37)11-28(31,12-27)25-32-9-15(10-33-25)14-5-6-17-19(7-14)36-20-8-18(23(36)34-17)35-24(38)16-3-2-4-21(22(16)20)39-26(29)30/h2-7,9-10,18,20,26,37H,8,11-13,31H2,1H3,(H,35,38)/t18-,20-,27-,28+/m1/s1. The third-order valence-corrected chi connectivity index (χ3v) is 8.26. The average Bonchev–Trinajstić information content (AvgIpc) is 3.39. The van der Waals surface area contributed by atoms with E-state index in [2.05, 4.69) is 15.3 Å². The van der Waals surface area contributed by atoms with Crippen LogP contribution in [0.15, 0.2) is 48.8 Å². The van der Waals surface area contributed by atoms with Crippen LogP contribution in [0.4, 0.5) is 8.78 Å². The molecule has 3 aliphatic rings. The molecule has 1 amide bonds. The van der Waals surface area contributed by atoms with Gasteiger partial charge < -0.3 is 25.5 Å². The summed E-state index contributed by atoms with van der Waals surface area (Å²) in [6, 6.07) is 9.66. The highest BCUT2D eigenvalue weighted by molar-refractivity contribution is 5.98. The topological polar surface area (TPSA) is 128 Å². The van der Waals surface area contributed by atoms with Gasteiger partial charge in [-0.3, -0.25) is 4.79 Å². The number of aromatic nitrogens is 4. The van der Waals surface area contributed by atoms with Gasteiger partial charge in [-0.1, -0.05) is 19.1 Å². The van der Waals surface area contributed by atoms with Crippen LogP contribution in [0.5, 0.6) is 5.75 Å². The number of hydrogen-bond acceptors (Lipinski definition) is 7. The quantitative estimate of drug-likeness (QED) is 0.357. The Kier molecular flexibility index (Phi) is 5.11. The highest BCUT2D eigenvalue weighted by Gasteiger charge is 2.52. The number of alkyl halides is 2. The maximum absolute atomic E-state index is 13.3. The molecule has 2 bridgehead atoms. The lowest BCUT2D eigenvalue weighted by molar-refractivity contribution is -0.0507. The summed E-state index contributed by atoms with van der Waals surface area (Å²) < 4.78 is 33.4. The molecule has 4 heterocycles. The third-order valence-electron chi connectivity index (χ3n) is 8.26. The van der Waals surface area contributed by atoms with E-state index in [9.17, 15) is 18.7 Å². The second kappa shape index (κ2) is 8.27. The summed E-state index contributed by atoms with van der Waals surface area (Å²) in [5.41, 5.74) is 9.57. The summed E-state index contributed by atoms with van der Waals surface area (Å²) in [6.07, 6.45) is 5.18. The van der Waals surface area contributed by atoms with Crippen molar-refractivity contribution in [2.75, 3.05) is 6.61 Å². The van der Waals surface area contributed by atoms with Gasteiger partial charge in [0, 0.05) is 35.7 Å². The molecule has 0 radical (unpaired) electrons. The van der Waals surface area contributed by atoms with Gasteiger partial charge in [-0.05, 0) is 54.5 Å². The second-order valence-corrected chi connectivity index (χ2v) is 11.2. The van der Waals surface area contributed by atoms with Crippen LogP contribution < -0.4 is 15.8 Å². The SMILES string of the molecule is C[C@]1(CO)C[C@](N)(c2ncc(-c3ccc4nc5n(c4c3)[C@@H]3C[C@H]5NC(=O)c4cccc(OC(F)F)c43)cn2)C1. The van der Waals surface area contributed by atoms with E-state index in [1.165, 1.54) is 6.07 Å². The molecular formula is C28H26F2N6O3. The van der Waals surface area contributed by atoms with Crippen molar-refractivity contribution in [3.8, 4) is 16.9 Å². The number of hydrogen-bond donors (Lipinski definition) is 3. The summed E-state index contributed by atoms with van der Waals surface area (Å²) in [5.74, 6) is 0.873. The van der Waals surface area contributed by atoms with Gasteiger partial charge in [0.1, 0.15) is 17.4 Å². The number of nitrogens with one attached hydrogen (secondary N) is 1. The molecule has 0 unspecified atom stereocenters. The molecule has 2 aliphatic heterocycles. The van der Waals surface area contributed by atoms with E-state index in [0.29, 0.717) is 42.0 Å². The van der Waals surface area contributed by atoms with Gasteiger partial charge >= 0.3 is 6.61 Å². The minimum Gasteiger partial charge on any atom is -0.434 e. The largest absolute Gasteiger partial charge is 0.434 e. The molecule has 4 N–H and O–H groups in total. The molecule has 1 aliphatic carbocycles. The van der Waals surface area contributed by atoms with Crippen molar-refractivity contribution in [3.05, 3.63) is 71.6 Å². The number of halogens is 2. The molecule has 4 aromatic rings. The van der Waals surface area contributed by atoms with E-state index in [-0.39, 0.29) is 29.7 Å². The van der Waals surface area contributed by atoms with Crippen molar-refractivity contribution in [2.45, 2.75) is 50.4 Å². The Balaban J connectivity index is 1.29. The lowest BCUT2D eigenvalue weighted by atomic mass is 9.58. The second-order valence-electron chi connectivity index (χ2n) is 11.2. The van der Waals surface area contributed by atoms with Crippen molar-refractivity contribution in [1.29, 1.82) is 0 Å². The van der Waals surface area contributed by atoms with E-state index in [1.807, 2.05) is 29.7 Å². The molecule has 11 heteroatoms. The Bertz CT molecular complexity index is 1630. The monoisotopic (exact) mass is 532 g/mol. The number of benzene rings is 2. The highest BCUT2D eigenvalue weighted by atomic mass is 19.3. The maximum atomic E-state index is 13.3. The van der Waals surface area contributed by atoms with Crippen LogP contribution in [0.25, 0.3) is 22.2 Å². The first-order valence-electron chi connectivity index (χ1n) is 12.8. The lowest BCUT2D eigenvalue weighted by Crippen LogP contribution is -2.56. The van der Waals surface area contributed by atoms with Crippen molar-refractivity contribution >= 4 is 16.9 Å². The molecule has 200 valence electrons. The molecule has 0 saturated heterocycles. The first-order chi connectivity index (χ1) is 18.7. The molecule has 7 rings (SSSR count). The molecule has 2 aromatic carbocycles. The number of carbonyl (C=O) groups excluding carboxylic acids is 1. The summed E-state index contributed by atoms with van der Waals surface area (Å²) in [4.78, 5) is 26.8. The lowest BCUT2D eigenvalue weighted by Gasteiger charge is -2.50. The van der Waals surface area contributed by atoms with Crippen LogP contribution in [0.3, 0.4) is 0 Å². The molecule has 2 atom stereocenters. The van der Waals surface area contributed by atoms with E-state index in [1.54, 1.807) is 24.5 Å². The number of fused-ring (bicyclic) bond motifs is 9. The Labute approximate surface area is 222 Å². The summed E-state index contributed by atoms with van der Waals surface area (Å²) >= 11 is 0. The average molecular weight is 533 g/mol. The predicted octanol–water partition coefficient (Wildman–Crippen LogP) is 3.82. The summed E-state index contributed by atoms with van der Waals surface area (Å²) in [6.45, 7) is -0.945. The molecule has 9 nitrogen and oxygen atoms in total. The van der Waals surface area contributed by atoms with Crippen LogP contribution >= 0.6 is 0 Å². The third kappa shape index (κ3) is 3.64. The number of imidazole rings is 1. The zero-order valence-corrected chi connectivity index (χ0v) is 21.1. The molecule has 1 fully saturated rings. The van der Waals surface area contributed by atoms with Crippen LogP contribution in [-0.2, 0) is 5.54 Å². The fourth-order valence-corrected chi connectivity index (χ4v) is 6.67. The highest BCUT2D eigenvalue weighted by Crippen LogP contribution is 2.51. The Morgan fingerprint density at radius 1 is 1.21 bits per heavy atom. The van der Waals surface area contributed by atoms with Crippen LogP contribution in [-0.4, -0.2) is 43.8 Å². The smallest absolute Gasteiger partial charge is 0.387 e. The van der Waals surface area contributed by atoms with Gasteiger partial charge in [-0.15, -0.1) is 0 Å². The minimum absolute atomic E-state index is 0.0119. The summed E-state index contributed by atoms with van der Waals surface area (Å²) in [7, 11) is 0. The molecular weight excluding hydrogens is 506 g/mol. The van der Waals surface area contributed by atoms with Crippen LogP contribution in [0.1, 0.15) is 65.8 Å². The van der Waals surface area contributed by atoms with Gasteiger partial charge in [0.25, 0.3) is 5.91 Å². The number of nitrogens with two attached hydrogens (primary N) is 1. The Morgan fingerprint density at radius 2 is 1.97 bits per heavy atom. The van der Waals surface area contributed by atoms with Gasteiger partial charge in [0.05, 0.1) is 28.7 Å². The van der Waals surface area contributed by atoms with Crippen molar-refractivity contribution in [1.82, 2.24) is 24.8 Å². The fraction of sp³-hybridized carbons (Fsp3) is 0.357. The zero-order chi connectivity index (χ0) is 27.1. The molecule has 1 saturated carbocycles. The van der Waals surface area contributed by atoms with E-state index < -0.39 is 18.2 Å². The van der Waals surface area contributed by atoms with Crippen LogP contribution in [0.2, 0.25) is 0 Å². The van der Waals surface area contributed by atoms with E-state index in [4.69, 9.17) is 15.5 Å². The Hall–Kier alpha value is -3.96. The number of aliphatic hydroxyl groups is 1. The first-order valence-corrected chi connectivity index (χ1v) is 12.8. The Morgan fingerprint density at radius 3 is 2.69 bits per heavy atom. The van der Waals surface area contributed by atoms with Gasteiger partial charge in [-0.25, -0.2) is 15.0 Å². The number of ether oxygens (including phenoxy) is 1. The summed E-state index contributed by atoms with van der Waals surface area (Å²) in [5, 5.41) is 12.6. The zero-order valence-electron chi connectivity index (χ0n) is 21.1. The normalized spacial score (nSPS) is 27.1. The number of nitrogens with zero attached hydrogens (tertiary/aromatic N) is 4. The van der Waals surface area contributed by atoms with Gasteiger partial charge in [0.15, 0.2) is 0 Å². The molecule has 39 heavy (non-hydrogen) atoms. The molecule has 0 spiro atoms. The predicted molar refractivity (Wildman–Crippen MR) is 137 cm³/mol. The van der Waals surface area contributed by atoms with Crippen molar-refractivity contribution < 1.29 is 23.4 Å². The van der Waals surface area contributed by atoms with E-state index in [0.717, 1.165) is 22.2 Å². The van der Waals surface area contributed by atoms with Gasteiger partial charge in [-0.2, -0.15) is 8.78 Å². The number of amides is 1. The first kappa shape index (κ1) is 24.1. The van der Waals surface area contributed by atoms with Gasteiger partial charge in [0.2, 0.25) is 0 Å². The number of aliphatic hydroxyl groups excluding tert-OH is 1. The fourth-order valence-electron chi connectivity index (χ4n) is 6.67. The van der Waals surface area contributed by atoms with E-state index >= 15 is 0 Å². The number of carbonyl (C=O) groups is 1. The number of rotatable bonds is 5. The maximum Gasteiger partial charge on any atom is 0.387 e.